The molecule has 1 atom stereocenters. The van der Waals surface area contributed by atoms with Crippen LogP contribution in [0.15, 0.2) is 6.20 Å². The fourth-order valence-corrected chi connectivity index (χ4v) is 3.31. The van der Waals surface area contributed by atoms with Gasteiger partial charge in [0.1, 0.15) is 6.29 Å². The second-order valence-electron chi connectivity index (χ2n) is 6.61. The minimum Gasteiger partial charge on any atom is -0.354 e. The summed E-state index contributed by atoms with van der Waals surface area (Å²) in [5.41, 5.74) is 4.61. The number of fused-ring (bicyclic) bond motifs is 1. The first-order chi connectivity index (χ1) is 8.45. The quantitative estimate of drug-likeness (QED) is 0.576. The van der Waals surface area contributed by atoms with E-state index in [-0.39, 0.29) is 5.41 Å². The van der Waals surface area contributed by atoms with Crippen LogP contribution in [0.1, 0.15) is 69.2 Å². The molecule has 0 saturated heterocycles. The highest BCUT2D eigenvalue weighted by molar-refractivity contribution is 5.52. The Kier molecular flexibility index (Phi) is 3.65. The van der Waals surface area contributed by atoms with Crippen molar-refractivity contribution in [3.05, 3.63) is 23.0 Å². The van der Waals surface area contributed by atoms with Gasteiger partial charge < -0.3 is 9.36 Å². The summed E-state index contributed by atoms with van der Waals surface area (Å²) in [6, 6.07) is 0. The number of carbonyl (C=O) groups is 1. The molecule has 1 aliphatic rings. The van der Waals surface area contributed by atoms with Crippen LogP contribution in [0.3, 0.4) is 0 Å². The summed E-state index contributed by atoms with van der Waals surface area (Å²) in [6.07, 6.45) is 8.89. The first-order valence-electron chi connectivity index (χ1n) is 7.07. The second kappa shape index (κ2) is 4.91. The van der Waals surface area contributed by atoms with Crippen molar-refractivity contribution in [2.75, 3.05) is 0 Å². The van der Waals surface area contributed by atoms with Crippen LogP contribution < -0.4 is 0 Å². The van der Waals surface area contributed by atoms with Gasteiger partial charge in [0.15, 0.2) is 0 Å². The van der Waals surface area contributed by atoms with Gasteiger partial charge in [-0.3, -0.25) is 0 Å². The van der Waals surface area contributed by atoms with Gasteiger partial charge in [0.25, 0.3) is 0 Å². The fourth-order valence-electron chi connectivity index (χ4n) is 3.31. The Morgan fingerprint density at radius 3 is 2.72 bits per heavy atom. The summed E-state index contributed by atoms with van der Waals surface area (Å²) in [5.74, 6) is 0.432. The van der Waals surface area contributed by atoms with Gasteiger partial charge in [-0.15, -0.1) is 0 Å². The van der Waals surface area contributed by atoms with E-state index in [1.165, 1.54) is 36.1 Å². The molecule has 0 radical (unpaired) electrons. The maximum Gasteiger partial charge on any atom is 0.120 e. The van der Waals surface area contributed by atoms with Crippen molar-refractivity contribution in [3.63, 3.8) is 0 Å². The number of hydrogen-bond donors (Lipinski definition) is 0. The van der Waals surface area contributed by atoms with Crippen LogP contribution in [0, 0.1) is 0 Å². The van der Waals surface area contributed by atoms with Crippen molar-refractivity contribution in [1.29, 1.82) is 0 Å². The standard InChI is InChI=1S/C16H25NO/c1-16(2,3)14-11-17(4)15-12(9-10-18)7-5-6-8-13(14)15/h10-12H,5-9H2,1-4H3. The number of aromatic nitrogens is 1. The van der Waals surface area contributed by atoms with Crippen LogP contribution in [0.25, 0.3) is 0 Å². The van der Waals surface area contributed by atoms with Crippen molar-refractivity contribution in [2.45, 2.75) is 64.2 Å². The molecule has 2 rings (SSSR count). The fraction of sp³-hybridized carbons (Fsp3) is 0.688. The largest absolute Gasteiger partial charge is 0.354 e. The lowest BCUT2D eigenvalue weighted by Gasteiger charge is -2.20. The Balaban J connectivity index is 2.51. The number of aldehydes is 1. The Bertz CT molecular complexity index is 437. The molecule has 0 saturated carbocycles. The van der Waals surface area contributed by atoms with E-state index < -0.39 is 0 Å². The first-order valence-corrected chi connectivity index (χ1v) is 7.07. The van der Waals surface area contributed by atoms with Crippen molar-refractivity contribution in [2.24, 2.45) is 7.05 Å². The minimum absolute atomic E-state index is 0.196. The van der Waals surface area contributed by atoms with Crippen molar-refractivity contribution >= 4 is 6.29 Å². The molecule has 1 aromatic heterocycles. The Labute approximate surface area is 110 Å². The Morgan fingerprint density at radius 2 is 2.11 bits per heavy atom. The zero-order valence-electron chi connectivity index (χ0n) is 12.1. The average molecular weight is 247 g/mol. The van der Waals surface area contributed by atoms with Crippen molar-refractivity contribution in [3.8, 4) is 0 Å². The van der Waals surface area contributed by atoms with Gasteiger partial charge in [-0.2, -0.15) is 0 Å². The third-order valence-corrected chi connectivity index (χ3v) is 4.14. The highest BCUT2D eigenvalue weighted by Gasteiger charge is 2.28. The molecule has 1 aliphatic carbocycles. The molecule has 0 N–H and O–H groups in total. The molecule has 1 heterocycles. The summed E-state index contributed by atoms with van der Waals surface area (Å²) in [4.78, 5) is 10.9. The number of carbonyl (C=O) groups excluding carboxylic acids is 1. The van der Waals surface area contributed by atoms with Crippen LogP contribution >= 0.6 is 0 Å². The highest BCUT2D eigenvalue weighted by Crippen LogP contribution is 2.38. The zero-order chi connectivity index (χ0) is 13.3. The van der Waals surface area contributed by atoms with Gasteiger partial charge in [-0.25, -0.2) is 0 Å². The van der Waals surface area contributed by atoms with Crippen LogP contribution in [0.2, 0.25) is 0 Å². The molecule has 0 aromatic carbocycles. The van der Waals surface area contributed by atoms with E-state index in [4.69, 9.17) is 0 Å². The van der Waals surface area contributed by atoms with Crippen LogP contribution in [0.4, 0.5) is 0 Å². The van der Waals surface area contributed by atoms with Gasteiger partial charge >= 0.3 is 0 Å². The molecule has 100 valence electrons. The van der Waals surface area contributed by atoms with E-state index in [9.17, 15) is 4.79 Å². The molecular formula is C16H25NO. The maximum atomic E-state index is 10.9. The van der Waals surface area contributed by atoms with Gasteiger partial charge in [0.05, 0.1) is 0 Å². The number of nitrogens with zero attached hydrogens (tertiary/aromatic N) is 1. The lowest BCUT2D eigenvalue weighted by atomic mass is 9.84. The molecule has 2 nitrogen and oxygen atoms in total. The Morgan fingerprint density at radius 1 is 1.39 bits per heavy atom. The average Bonchev–Trinajstić information content (AvgIpc) is 2.48. The second-order valence-corrected chi connectivity index (χ2v) is 6.61. The van der Waals surface area contributed by atoms with Crippen LogP contribution in [0.5, 0.6) is 0 Å². The zero-order valence-corrected chi connectivity index (χ0v) is 12.1. The molecule has 0 fully saturated rings. The van der Waals surface area contributed by atoms with Gasteiger partial charge in [-0.05, 0) is 35.8 Å². The monoisotopic (exact) mass is 247 g/mol. The third kappa shape index (κ3) is 2.38. The van der Waals surface area contributed by atoms with Crippen molar-refractivity contribution < 1.29 is 4.79 Å². The summed E-state index contributed by atoms with van der Waals surface area (Å²) < 4.78 is 2.27. The summed E-state index contributed by atoms with van der Waals surface area (Å²) in [5, 5.41) is 0. The molecule has 0 amide bonds. The lowest BCUT2D eigenvalue weighted by molar-refractivity contribution is -0.108. The maximum absolute atomic E-state index is 10.9. The van der Waals surface area contributed by atoms with E-state index in [0.717, 1.165) is 12.7 Å². The smallest absolute Gasteiger partial charge is 0.120 e. The Hall–Kier alpha value is -1.05. The van der Waals surface area contributed by atoms with Gasteiger partial charge in [-0.1, -0.05) is 27.2 Å². The third-order valence-electron chi connectivity index (χ3n) is 4.14. The van der Waals surface area contributed by atoms with E-state index in [2.05, 4.69) is 38.6 Å². The SMILES string of the molecule is Cn1cc(C(C)(C)C)c2c1C(CC=O)CCCC2. The molecule has 0 bridgehead atoms. The predicted molar refractivity (Wildman–Crippen MR) is 75.1 cm³/mol. The molecule has 1 aromatic rings. The van der Waals surface area contributed by atoms with E-state index in [1.54, 1.807) is 0 Å². The van der Waals surface area contributed by atoms with Gasteiger partial charge in [0.2, 0.25) is 0 Å². The van der Waals surface area contributed by atoms with E-state index in [0.29, 0.717) is 12.3 Å². The summed E-state index contributed by atoms with van der Waals surface area (Å²) >= 11 is 0. The van der Waals surface area contributed by atoms with Crippen LogP contribution in [-0.2, 0) is 23.7 Å². The van der Waals surface area contributed by atoms with Crippen LogP contribution in [-0.4, -0.2) is 10.9 Å². The molecular weight excluding hydrogens is 222 g/mol. The first kappa shape index (κ1) is 13.4. The number of aryl methyl sites for hydroxylation is 1. The normalized spacial score (nSPS) is 20.3. The number of rotatable bonds is 2. The molecule has 1 unspecified atom stereocenters. The highest BCUT2D eigenvalue weighted by atomic mass is 16.1. The topological polar surface area (TPSA) is 22.0 Å². The van der Waals surface area contributed by atoms with Crippen molar-refractivity contribution in [1.82, 2.24) is 4.57 Å². The molecule has 2 heteroatoms. The van der Waals surface area contributed by atoms with Gasteiger partial charge in [0, 0.05) is 31.3 Å². The molecule has 0 aliphatic heterocycles. The van der Waals surface area contributed by atoms with E-state index >= 15 is 0 Å². The predicted octanol–water partition coefficient (Wildman–Crippen LogP) is 3.72. The minimum atomic E-state index is 0.196. The summed E-state index contributed by atoms with van der Waals surface area (Å²) in [7, 11) is 2.14. The lowest BCUT2D eigenvalue weighted by Crippen LogP contribution is -2.13. The van der Waals surface area contributed by atoms with E-state index in [1.807, 2.05) is 0 Å². The summed E-state index contributed by atoms with van der Waals surface area (Å²) in [6.45, 7) is 6.84. The molecule has 0 spiro atoms. The number of hydrogen-bond acceptors (Lipinski definition) is 1. The molecule has 18 heavy (non-hydrogen) atoms.